The van der Waals surface area contributed by atoms with Gasteiger partial charge in [0.2, 0.25) is 5.95 Å². The average Bonchev–Trinajstić information content (AvgIpc) is 2.56. The predicted octanol–water partition coefficient (Wildman–Crippen LogP) is 5.45. The number of hydrogen-bond acceptors (Lipinski definition) is 4. The molecule has 122 valence electrons. The van der Waals surface area contributed by atoms with Crippen LogP contribution in [0.1, 0.15) is 11.3 Å². The molecule has 3 rings (SSSR count). The Morgan fingerprint density at radius 1 is 0.875 bits per heavy atom. The monoisotopic (exact) mass is 358 g/mol. The number of nitrogens with zero attached hydrogens (tertiary/aromatic N) is 2. The fourth-order valence-electron chi connectivity index (χ4n) is 2.17. The molecule has 1 aromatic heterocycles. The van der Waals surface area contributed by atoms with E-state index in [0.29, 0.717) is 17.5 Å². The van der Waals surface area contributed by atoms with Gasteiger partial charge in [0, 0.05) is 34.0 Å². The summed E-state index contributed by atoms with van der Waals surface area (Å²) in [5.74, 6) is 1.30. The third-order valence-electron chi connectivity index (χ3n) is 3.34. The van der Waals surface area contributed by atoms with Gasteiger partial charge in [0.1, 0.15) is 5.82 Å². The normalized spacial score (nSPS) is 10.5. The van der Waals surface area contributed by atoms with Crippen LogP contribution in [0.4, 0.5) is 17.5 Å². The molecule has 2 aromatic carbocycles. The van der Waals surface area contributed by atoms with Gasteiger partial charge in [0.25, 0.3) is 0 Å². The number of aromatic nitrogens is 2. The lowest BCUT2D eigenvalue weighted by atomic mass is 10.2. The Balaban J connectivity index is 1.71. The SMILES string of the molecule is Cc1cc(NCc2ccc(Cl)cc2)nc(Nc2ccc(Cl)cc2)n1. The maximum absolute atomic E-state index is 5.90. The fraction of sp³-hybridized carbons (Fsp3) is 0.111. The highest BCUT2D eigenvalue weighted by molar-refractivity contribution is 6.30. The van der Waals surface area contributed by atoms with Crippen molar-refractivity contribution >= 4 is 40.7 Å². The molecule has 24 heavy (non-hydrogen) atoms. The van der Waals surface area contributed by atoms with Crippen molar-refractivity contribution < 1.29 is 0 Å². The first-order valence-electron chi connectivity index (χ1n) is 7.45. The van der Waals surface area contributed by atoms with Crippen LogP contribution in [0.3, 0.4) is 0 Å². The molecular weight excluding hydrogens is 343 g/mol. The highest BCUT2D eigenvalue weighted by Crippen LogP contribution is 2.19. The van der Waals surface area contributed by atoms with Crippen LogP contribution >= 0.6 is 23.2 Å². The third-order valence-corrected chi connectivity index (χ3v) is 3.85. The second-order valence-corrected chi connectivity index (χ2v) is 6.20. The van der Waals surface area contributed by atoms with Crippen LogP contribution in [-0.4, -0.2) is 9.97 Å². The first-order chi connectivity index (χ1) is 11.6. The first kappa shape index (κ1) is 16.6. The summed E-state index contributed by atoms with van der Waals surface area (Å²) in [6, 6.07) is 17.0. The molecule has 0 unspecified atom stereocenters. The second-order valence-electron chi connectivity index (χ2n) is 5.33. The highest BCUT2D eigenvalue weighted by atomic mass is 35.5. The van der Waals surface area contributed by atoms with Gasteiger partial charge in [0.05, 0.1) is 0 Å². The van der Waals surface area contributed by atoms with Crippen molar-refractivity contribution in [1.82, 2.24) is 9.97 Å². The van der Waals surface area contributed by atoms with Gasteiger partial charge >= 0.3 is 0 Å². The Bertz CT molecular complexity index is 817. The van der Waals surface area contributed by atoms with Gasteiger partial charge in [-0.2, -0.15) is 4.98 Å². The van der Waals surface area contributed by atoms with E-state index in [1.807, 2.05) is 61.5 Å². The molecule has 0 fully saturated rings. The molecule has 6 heteroatoms. The Labute approximate surface area is 150 Å². The minimum Gasteiger partial charge on any atom is -0.366 e. The number of aryl methyl sites for hydroxylation is 1. The molecule has 0 radical (unpaired) electrons. The molecular formula is C18H16Cl2N4. The molecule has 0 spiro atoms. The van der Waals surface area contributed by atoms with Crippen molar-refractivity contribution in [2.75, 3.05) is 10.6 Å². The summed E-state index contributed by atoms with van der Waals surface area (Å²) >= 11 is 11.8. The molecule has 0 amide bonds. The number of rotatable bonds is 5. The van der Waals surface area contributed by atoms with E-state index < -0.39 is 0 Å². The zero-order chi connectivity index (χ0) is 16.9. The first-order valence-corrected chi connectivity index (χ1v) is 8.21. The molecule has 0 aliphatic rings. The topological polar surface area (TPSA) is 49.8 Å². The quantitative estimate of drug-likeness (QED) is 0.636. The number of nitrogens with one attached hydrogen (secondary N) is 2. The van der Waals surface area contributed by atoms with Crippen molar-refractivity contribution in [3.63, 3.8) is 0 Å². The van der Waals surface area contributed by atoms with Crippen LogP contribution in [0.2, 0.25) is 10.0 Å². The van der Waals surface area contributed by atoms with Crippen molar-refractivity contribution in [3.05, 3.63) is 75.9 Å². The number of anilines is 3. The maximum Gasteiger partial charge on any atom is 0.229 e. The summed E-state index contributed by atoms with van der Waals surface area (Å²) in [4.78, 5) is 8.90. The summed E-state index contributed by atoms with van der Waals surface area (Å²) < 4.78 is 0. The van der Waals surface area contributed by atoms with Crippen molar-refractivity contribution in [2.24, 2.45) is 0 Å². The molecule has 3 aromatic rings. The summed E-state index contributed by atoms with van der Waals surface area (Å²) in [5, 5.41) is 7.90. The Morgan fingerprint density at radius 2 is 1.50 bits per heavy atom. The molecule has 4 nitrogen and oxygen atoms in total. The van der Waals surface area contributed by atoms with Gasteiger partial charge in [-0.05, 0) is 48.9 Å². The minimum atomic E-state index is 0.538. The lowest BCUT2D eigenvalue weighted by Gasteiger charge is -2.10. The van der Waals surface area contributed by atoms with Crippen molar-refractivity contribution in [1.29, 1.82) is 0 Å². The van der Waals surface area contributed by atoms with Crippen LogP contribution in [0.15, 0.2) is 54.6 Å². The molecule has 0 aliphatic carbocycles. The lowest BCUT2D eigenvalue weighted by molar-refractivity contribution is 1.06. The maximum atomic E-state index is 5.90. The summed E-state index contributed by atoms with van der Waals surface area (Å²) in [6.45, 7) is 2.59. The van der Waals surface area contributed by atoms with Crippen molar-refractivity contribution in [2.45, 2.75) is 13.5 Å². The standard InChI is InChI=1S/C18H16Cl2N4/c1-12-10-17(21-11-13-2-4-14(19)5-3-13)24-18(22-12)23-16-8-6-15(20)7-9-16/h2-10H,11H2,1H3,(H2,21,22,23,24). The molecule has 0 bridgehead atoms. The predicted molar refractivity (Wildman–Crippen MR) is 100 cm³/mol. The van der Waals surface area contributed by atoms with Crippen LogP contribution in [0.25, 0.3) is 0 Å². The smallest absolute Gasteiger partial charge is 0.229 e. The third kappa shape index (κ3) is 4.60. The number of hydrogen-bond donors (Lipinski definition) is 2. The van der Waals surface area contributed by atoms with E-state index in [-0.39, 0.29) is 0 Å². The van der Waals surface area contributed by atoms with E-state index in [1.54, 1.807) is 0 Å². The van der Waals surface area contributed by atoms with Crippen LogP contribution in [-0.2, 0) is 6.54 Å². The molecule has 0 saturated heterocycles. The average molecular weight is 359 g/mol. The number of benzene rings is 2. The largest absolute Gasteiger partial charge is 0.366 e. The van der Waals surface area contributed by atoms with Crippen LogP contribution in [0, 0.1) is 6.92 Å². The van der Waals surface area contributed by atoms with E-state index in [9.17, 15) is 0 Å². The van der Waals surface area contributed by atoms with E-state index >= 15 is 0 Å². The Kier molecular flexibility index (Phi) is 5.18. The Hall–Kier alpha value is -2.30. The Morgan fingerprint density at radius 3 is 2.17 bits per heavy atom. The van der Waals surface area contributed by atoms with E-state index in [2.05, 4.69) is 20.6 Å². The number of halogens is 2. The zero-order valence-electron chi connectivity index (χ0n) is 13.1. The minimum absolute atomic E-state index is 0.538. The van der Waals surface area contributed by atoms with Gasteiger partial charge in [-0.25, -0.2) is 4.98 Å². The van der Waals surface area contributed by atoms with Crippen LogP contribution < -0.4 is 10.6 Å². The van der Waals surface area contributed by atoms with E-state index in [0.717, 1.165) is 27.8 Å². The lowest BCUT2D eigenvalue weighted by Crippen LogP contribution is -2.05. The van der Waals surface area contributed by atoms with E-state index in [1.165, 1.54) is 0 Å². The zero-order valence-corrected chi connectivity index (χ0v) is 14.6. The molecule has 0 aliphatic heterocycles. The van der Waals surface area contributed by atoms with Crippen LogP contribution in [0.5, 0.6) is 0 Å². The van der Waals surface area contributed by atoms with Gasteiger partial charge in [-0.3, -0.25) is 0 Å². The summed E-state index contributed by atoms with van der Waals surface area (Å²) in [6.07, 6.45) is 0. The molecule has 0 atom stereocenters. The fourth-order valence-corrected chi connectivity index (χ4v) is 2.42. The van der Waals surface area contributed by atoms with Crippen molar-refractivity contribution in [3.8, 4) is 0 Å². The second kappa shape index (κ2) is 7.51. The van der Waals surface area contributed by atoms with Gasteiger partial charge in [-0.15, -0.1) is 0 Å². The van der Waals surface area contributed by atoms with Gasteiger partial charge in [-0.1, -0.05) is 35.3 Å². The van der Waals surface area contributed by atoms with Gasteiger partial charge < -0.3 is 10.6 Å². The molecule has 1 heterocycles. The van der Waals surface area contributed by atoms with Gasteiger partial charge in [0.15, 0.2) is 0 Å². The molecule has 0 saturated carbocycles. The summed E-state index contributed by atoms with van der Waals surface area (Å²) in [7, 11) is 0. The summed E-state index contributed by atoms with van der Waals surface area (Å²) in [5.41, 5.74) is 2.89. The molecule has 2 N–H and O–H groups in total. The highest BCUT2D eigenvalue weighted by Gasteiger charge is 2.03. The van der Waals surface area contributed by atoms with E-state index in [4.69, 9.17) is 23.2 Å².